The molecule has 0 fully saturated rings. The van der Waals surface area contributed by atoms with E-state index >= 15 is 0 Å². The molecule has 5 nitrogen and oxygen atoms in total. The Morgan fingerprint density at radius 3 is 2.56 bits per heavy atom. The summed E-state index contributed by atoms with van der Waals surface area (Å²) in [6.45, 7) is 1.26. The van der Waals surface area contributed by atoms with Crippen molar-refractivity contribution < 1.29 is 24.2 Å². The van der Waals surface area contributed by atoms with Gasteiger partial charge in [0.2, 0.25) is 0 Å². The van der Waals surface area contributed by atoms with Gasteiger partial charge in [-0.05, 0) is 19.1 Å². The molecular weight excluding hydrogens is 217 g/mol. The summed E-state index contributed by atoms with van der Waals surface area (Å²) < 4.78 is 13.2. The van der Waals surface area contributed by atoms with Gasteiger partial charge < -0.3 is 15.5 Å². The number of hydrogen-bond acceptors (Lipinski definition) is 3. The number of carbonyl (C=O) groups excluding carboxylic acids is 1. The van der Waals surface area contributed by atoms with Crippen LogP contribution in [0.4, 0.5) is 4.39 Å². The molecule has 0 aliphatic carbocycles. The summed E-state index contributed by atoms with van der Waals surface area (Å²) in [6.07, 6.45) is 0. The first-order valence-corrected chi connectivity index (χ1v) is 4.44. The van der Waals surface area contributed by atoms with Gasteiger partial charge in [-0.15, -0.1) is 0 Å². The molecule has 1 rings (SSSR count). The quantitative estimate of drug-likeness (QED) is 0.710. The molecule has 6 heteroatoms. The number of aromatic hydroxyl groups is 1. The summed E-state index contributed by atoms with van der Waals surface area (Å²) in [4.78, 5) is 21.9. The molecule has 0 radical (unpaired) electrons. The summed E-state index contributed by atoms with van der Waals surface area (Å²) in [5, 5.41) is 19.6. The van der Waals surface area contributed by atoms with Gasteiger partial charge in [-0.3, -0.25) is 9.59 Å². The normalized spacial score (nSPS) is 11.9. The van der Waals surface area contributed by atoms with Crippen LogP contribution >= 0.6 is 0 Å². The Labute approximate surface area is 90.5 Å². The first-order valence-electron chi connectivity index (χ1n) is 4.44. The van der Waals surface area contributed by atoms with Crippen LogP contribution in [0.15, 0.2) is 18.2 Å². The molecule has 1 atom stereocenters. The largest absolute Gasteiger partial charge is 0.508 e. The highest BCUT2D eigenvalue weighted by atomic mass is 19.1. The van der Waals surface area contributed by atoms with Gasteiger partial charge in [0.1, 0.15) is 17.6 Å². The Morgan fingerprint density at radius 2 is 2.06 bits per heavy atom. The zero-order valence-corrected chi connectivity index (χ0v) is 8.40. The lowest BCUT2D eigenvalue weighted by Gasteiger charge is -2.09. The van der Waals surface area contributed by atoms with E-state index in [4.69, 9.17) is 10.2 Å². The fourth-order valence-electron chi connectivity index (χ4n) is 1.02. The number of phenolic OH excluding ortho intramolecular Hbond substituents is 1. The highest BCUT2D eigenvalue weighted by molar-refractivity contribution is 5.96. The first kappa shape index (κ1) is 12.0. The van der Waals surface area contributed by atoms with Gasteiger partial charge in [-0.1, -0.05) is 0 Å². The van der Waals surface area contributed by atoms with Crippen molar-refractivity contribution in [2.24, 2.45) is 0 Å². The van der Waals surface area contributed by atoms with E-state index in [1.807, 2.05) is 0 Å². The third-order valence-electron chi connectivity index (χ3n) is 1.92. The van der Waals surface area contributed by atoms with Crippen LogP contribution in [0.25, 0.3) is 0 Å². The van der Waals surface area contributed by atoms with E-state index in [1.165, 1.54) is 6.92 Å². The molecule has 0 saturated heterocycles. The first-order chi connectivity index (χ1) is 7.41. The topological polar surface area (TPSA) is 86.6 Å². The molecule has 0 saturated carbocycles. The van der Waals surface area contributed by atoms with Crippen LogP contribution in [0.3, 0.4) is 0 Å². The van der Waals surface area contributed by atoms with Crippen LogP contribution in [0.1, 0.15) is 17.3 Å². The lowest BCUT2D eigenvalue weighted by Crippen LogP contribution is -2.38. The molecule has 1 amide bonds. The molecule has 0 spiro atoms. The highest BCUT2D eigenvalue weighted by Gasteiger charge is 2.17. The minimum atomic E-state index is -1.22. The summed E-state index contributed by atoms with van der Waals surface area (Å²) in [6, 6.07) is 1.89. The Kier molecular flexibility index (Phi) is 3.44. The van der Waals surface area contributed by atoms with Gasteiger partial charge in [-0.2, -0.15) is 0 Å². The summed E-state index contributed by atoms with van der Waals surface area (Å²) in [7, 11) is 0. The van der Waals surface area contributed by atoms with E-state index in [1.54, 1.807) is 0 Å². The van der Waals surface area contributed by atoms with Gasteiger partial charge >= 0.3 is 5.97 Å². The van der Waals surface area contributed by atoms with Crippen molar-refractivity contribution in [1.29, 1.82) is 0 Å². The molecule has 0 heterocycles. The van der Waals surface area contributed by atoms with Crippen molar-refractivity contribution in [3.05, 3.63) is 29.6 Å². The molecule has 1 aromatic rings. The van der Waals surface area contributed by atoms with Crippen molar-refractivity contribution in [3.63, 3.8) is 0 Å². The Morgan fingerprint density at radius 1 is 1.44 bits per heavy atom. The average Bonchev–Trinajstić information content (AvgIpc) is 2.16. The number of nitrogens with one attached hydrogen (secondary N) is 1. The van der Waals surface area contributed by atoms with Crippen LogP contribution in [0, 0.1) is 5.82 Å². The number of amides is 1. The van der Waals surface area contributed by atoms with Crippen LogP contribution in [0.2, 0.25) is 0 Å². The number of rotatable bonds is 3. The van der Waals surface area contributed by atoms with Gasteiger partial charge in [-0.25, -0.2) is 4.39 Å². The predicted octanol–water partition coefficient (Wildman–Crippen LogP) is 0.734. The minimum absolute atomic E-state index is 0.305. The maximum atomic E-state index is 13.2. The van der Waals surface area contributed by atoms with Crippen molar-refractivity contribution in [1.82, 2.24) is 5.32 Å². The smallest absolute Gasteiger partial charge is 0.325 e. The Hall–Kier alpha value is -2.11. The molecule has 1 unspecified atom stereocenters. The molecule has 0 aliphatic rings. The van der Waals surface area contributed by atoms with Gasteiger partial charge in [0.15, 0.2) is 0 Å². The van der Waals surface area contributed by atoms with E-state index in [0.717, 1.165) is 18.2 Å². The molecule has 1 aromatic carbocycles. The maximum Gasteiger partial charge on any atom is 0.325 e. The van der Waals surface area contributed by atoms with E-state index < -0.39 is 23.7 Å². The maximum absolute atomic E-state index is 13.2. The molecule has 0 bridgehead atoms. The predicted molar refractivity (Wildman–Crippen MR) is 52.6 cm³/mol. The number of benzene rings is 1. The van der Waals surface area contributed by atoms with Crippen molar-refractivity contribution in [2.45, 2.75) is 13.0 Å². The van der Waals surface area contributed by atoms with Crippen LogP contribution < -0.4 is 5.32 Å². The zero-order valence-electron chi connectivity index (χ0n) is 8.40. The zero-order chi connectivity index (χ0) is 12.3. The number of hydrogen-bond donors (Lipinski definition) is 3. The standard InChI is InChI=1S/C10H10FNO4/c1-5(10(15)16)12-9(14)7-3-2-6(13)4-8(7)11/h2-5,13H,1H3,(H,12,14)(H,15,16). The van der Waals surface area contributed by atoms with E-state index in [-0.39, 0.29) is 11.3 Å². The molecule has 0 aromatic heterocycles. The fraction of sp³-hybridized carbons (Fsp3) is 0.200. The van der Waals surface area contributed by atoms with E-state index in [9.17, 15) is 14.0 Å². The van der Waals surface area contributed by atoms with Gasteiger partial charge in [0.05, 0.1) is 5.56 Å². The second kappa shape index (κ2) is 4.61. The number of carboxylic acids is 1. The number of aliphatic carboxylic acids is 1. The fourth-order valence-corrected chi connectivity index (χ4v) is 1.02. The third kappa shape index (κ3) is 2.69. The van der Waals surface area contributed by atoms with Crippen molar-refractivity contribution in [2.75, 3.05) is 0 Å². The van der Waals surface area contributed by atoms with Crippen LogP contribution in [0.5, 0.6) is 5.75 Å². The molecule has 0 aliphatic heterocycles. The summed E-state index contributed by atoms with van der Waals surface area (Å²) in [5.41, 5.74) is -0.314. The lowest BCUT2D eigenvalue weighted by molar-refractivity contribution is -0.138. The second-order valence-electron chi connectivity index (χ2n) is 3.20. The molecular formula is C10H10FNO4. The monoisotopic (exact) mass is 227 g/mol. The second-order valence-corrected chi connectivity index (χ2v) is 3.20. The third-order valence-corrected chi connectivity index (χ3v) is 1.92. The van der Waals surface area contributed by atoms with Crippen molar-refractivity contribution in [3.8, 4) is 5.75 Å². The lowest BCUT2D eigenvalue weighted by atomic mass is 10.2. The molecule has 86 valence electrons. The van der Waals surface area contributed by atoms with Crippen LogP contribution in [-0.2, 0) is 4.79 Å². The number of carboxylic acid groups (broad SMARTS) is 1. The summed E-state index contributed by atoms with van der Waals surface area (Å²) >= 11 is 0. The van der Waals surface area contributed by atoms with Crippen LogP contribution in [-0.4, -0.2) is 28.1 Å². The van der Waals surface area contributed by atoms with Gasteiger partial charge in [0, 0.05) is 6.07 Å². The highest BCUT2D eigenvalue weighted by Crippen LogP contribution is 2.14. The number of carbonyl (C=O) groups is 2. The van der Waals surface area contributed by atoms with Crippen molar-refractivity contribution >= 4 is 11.9 Å². The van der Waals surface area contributed by atoms with Gasteiger partial charge in [0.25, 0.3) is 5.91 Å². The Balaban J connectivity index is 2.85. The summed E-state index contributed by atoms with van der Waals surface area (Å²) in [5.74, 6) is -3.27. The molecule has 16 heavy (non-hydrogen) atoms. The molecule has 3 N–H and O–H groups in total. The average molecular weight is 227 g/mol. The van der Waals surface area contributed by atoms with E-state index in [0.29, 0.717) is 0 Å². The number of phenols is 1. The van der Waals surface area contributed by atoms with E-state index in [2.05, 4.69) is 5.32 Å². The SMILES string of the molecule is CC(NC(=O)c1ccc(O)cc1F)C(=O)O. The Bertz CT molecular complexity index is 433. The minimum Gasteiger partial charge on any atom is -0.508 e. The number of halogens is 1.